The number of hydrogen-bond acceptors (Lipinski definition) is 1. The van der Waals surface area contributed by atoms with Crippen molar-refractivity contribution >= 4 is 11.6 Å². The van der Waals surface area contributed by atoms with Crippen LogP contribution in [-0.2, 0) is 6.42 Å². The third kappa shape index (κ3) is 3.53. The summed E-state index contributed by atoms with van der Waals surface area (Å²) in [6, 6.07) is 5.30. The first-order valence-corrected chi connectivity index (χ1v) is 8.03. The lowest BCUT2D eigenvalue weighted by Gasteiger charge is -2.37. The second kappa shape index (κ2) is 6.91. The largest absolute Gasteiger partial charge is 0.330 e. The number of rotatable bonds is 4. The smallest absolute Gasteiger partial charge is 0.144 e. The molecule has 0 bridgehead atoms. The van der Waals surface area contributed by atoms with Crippen LogP contribution in [0.15, 0.2) is 18.2 Å². The first kappa shape index (κ1) is 15.8. The first-order valence-electron chi connectivity index (χ1n) is 7.65. The Kier molecular flexibility index (Phi) is 5.45. The third-order valence-electron chi connectivity index (χ3n) is 4.94. The Morgan fingerprint density at radius 1 is 1.30 bits per heavy atom. The van der Waals surface area contributed by atoms with Gasteiger partial charge < -0.3 is 5.73 Å². The van der Waals surface area contributed by atoms with Gasteiger partial charge in [0, 0.05) is 0 Å². The van der Waals surface area contributed by atoms with Gasteiger partial charge >= 0.3 is 0 Å². The normalized spacial score (nSPS) is 27.0. The second-order valence-electron chi connectivity index (χ2n) is 6.49. The van der Waals surface area contributed by atoms with Crippen molar-refractivity contribution in [1.82, 2.24) is 0 Å². The van der Waals surface area contributed by atoms with Crippen LogP contribution < -0.4 is 5.73 Å². The topological polar surface area (TPSA) is 26.0 Å². The van der Waals surface area contributed by atoms with Gasteiger partial charge in [-0.25, -0.2) is 4.39 Å². The predicted octanol–water partition coefficient (Wildman–Crippen LogP) is 4.67. The average molecular weight is 298 g/mol. The molecule has 1 aliphatic carbocycles. The molecule has 3 heteroatoms. The molecule has 3 unspecified atom stereocenters. The van der Waals surface area contributed by atoms with Crippen LogP contribution in [0.2, 0.25) is 5.02 Å². The fourth-order valence-electron chi connectivity index (χ4n) is 3.52. The molecule has 1 aromatic rings. The highest BCUT2D eigenvalue weighted by molar-refractivity contribution is 6.30. The molecule has 0 spiro atoms. The van der Waals surface area contributed by atoms with Crippen LogP contribution in [0.4, 0.5) is 4.39 Å². The minimum atomic E-state index is -0.253. The van der Waals surface area contributed by atoms with Gasteiger partial charge in [-0.3, -0.25) is 0 Å². The van der Waals surface area contributed by atoms with Crippen molar-refractivity contribution in [2.45, 2.75) is 39.5 Å². The van der Waals surface area contributed by atoms with E-state index >= 15 is 0 Å². The zero-order valence-corrected chi connectivity index (χ0v) is 13.2. The van der Waals surface area contributed by atoms with E-state index in [1.54, 1.807) is 6.07 Å². The summed E-state index contributed by atoms with van der Waals surface area (Å²) >= 11 is 5.88. The van der Waals surface area contributed by atoms with E-state index in [4.69, 9.17) is 17.3 Å². The van der Waals surface area contributed by atoms with Crippen molar-refractivity contribution in [3.05, 3.63) is 34.6 Å². The molecule has 3 atom stereocenters. The molecule has 1 fully saturated rings. The fourth-order valence-corrected chi connectivity index (χ4v) is 3.71. The van der Waals surface area contributed by atoms with Crippen molar-refractivity contribution in [2.75, 3.05) is 6.54 Å². The molecule has 1 saturated carbocycles. The molecule has 0 amide bonds. The van der Waals surface area contributed by atoms with Gasteiger partial charge in [0.05, 0.1) is 5.02 Å². The molecule has 112 valence electrons. The Morgan fingerprint density at radius 3 is 2.70 bits per heavy atom. The highest BCUT2D eigenvalue weighted by Crippen LogP contribution is 2.39. The fraction of sp³-hybridized carbons (Fsp3) is 0.647. The number of hydrogen-bond donors (Lipinski definition) is 1. The predicted molar refractivity (Wildman–Crippen MR) is 83.3 cm³/mol. The molecule has 1 aliphatic rings. The maximum absolute atomic E-state index is 14.1. The van der Waals surface area contributed by atoms with Gasteiger partial charge in [0.15, 0.2) is 0 Å². The zero-order chi connectivity index (χ0) is 14.7. The number of halogens is 2. The molecule has 0 aromatic heterocycles. The van der Waals surface area contributed by atoms with Crippen LogP contribution in [0.3, 0.4) is 0 Å². The van der Waals surface area contributed by atoms with Crippen LogP contribution >= 0.6 is 11.6 Å². The lowest BCUT2D eigenvalue weighted by atomic mass is 9.69. The summed E-state index contributed by atoms with van der Waals surface area (Å²) < 4.78 is 14.1. The van der Waals surface area contributed by atoms with E-state index in [1.165, 1.54) is 12.8 Å². The molecular formula is C17H25ClFN. The van der Waals surface area contributed by atoms with E-state index in [-0.39, 0.29) is 10.8 Å². The summed E-state index contributed by atoms with van der Waals surface area (Å²) in [5.74, 6) is 2.18. The lowest BCUT2D eigenvalue weighted by molar-refractivity contribution is 0.150. The molecule has 0 radical (unpaired) electrons. The Bertz CT molecular complexity index is 447. The maximum atomic E-state index is 14.1. The molecule has 0 aliphatic heterocycles. The molecule has 1 nitrogen and oxygen atoms in total. The van der Waals surface area contributed by atoms with Crippen LogP contribution in [0.5, 0.6) is 0 Å². The zero-order valence-electron chi connectivity index (χ0n) is 12.4. The summed E-state index contributed by atoms with van der Waals surface area (Å²) in [7, 11) is 0. The van der Waals surface area contributed by atoms with Crippen LogP contribution in [0, 0.1) is 29.5 Å². The third-order valence-corrected chi connectivity index (χ3v) is 5.23. The van der Waals surface area contributed by atoms with Crippen LogP contribution in [-0.4, -0.2) is 6.54 Å². The molecular weight excluding hydrogens is 273 g/mol. The van der Waals surface area contributed by atoms with Gasteiger partial charge in [0.25, 0.3) is 0 Å². The lowest BCUT2D eigenvalue weighted by Crippen LogP contribution is -2.33. The van der Waals surface area contributed by atoms with Crippen molar-refractivity contribution in [3.63, 3.8) is 0 Å². The van der Waals surface area contributed by atoms with E-state index < -0.39 is 0 Å². The molecule has 2 N–H and O–H groups in total. The number of nitrogens with two attached hydrogens (primary N) is 1. The Balaban J connectivity index is 2.13. The van der Waals surface area contributed by atoms with E-state index in [0.29, 0.717) is 24.3 Å². The van der Waals surface area contributed by atoms with Crippen molar-refractivity contribution in [3.8, 4) is 0 Å². The highest BCUT2D eigenvalue weighted by Gasteiger charge is 2.31. The van der Waals surface area contributed by atoms with Gasteiger partial charge in [0.2, 0.25) is 0 Å². The van der Waals surface area contributed by atoms with Crippen molar-refractivity contribution in [2.24, 2.45) is 29.4 Å². The Hall–Kier alpha value is -0.600. The number of benzene rings is 1. The van der Waals surface area contributed by atoms with Crippen LogP contribution in [0.25, 0.3) is 0 Å². The monoisotopic (exact) mass is 297 g/mol. The van der Waals surface area contributed by atoms with Gasteiger partial charge in [-0.15, -0.1) is 0 Å². The Labute approximate surface area is 126 Å². The van der Waals surface area contributed by atoms with Crippen molar-refractivity contribution in [1.29, 1.82) is 0 Å². The van der Waals surface area contributed by atoms with E-state index in [9.17, 15) is 4.39 Å². The Morgan fingerprint density at radius 2 is 2.05 bits per heavy atom. The van der Waals surface area contributed by atoms with Gasteiger partial charge in [0.1, 0.15) is 5.82 Å². The second-order valence-corrected chi connectivity index (χ2v) is 6.90. The molecule has 1 aromatic carbocycles. The van der Waals surface area contributed by atoms with Gasteiger partial charge in [-0.2, -0.15) is 0 Å². The summed E-state index contributed by atoms with van der Waals surface area (Å²) in [4.78, 5) is 0. The summed E-state index contributed by atoms with van der Waals surface area (Å²) in [6.07, 6.45) is 4.35. The first-order chi connectivity index (χ1) is 9.52. The maximum Gasteiger partial charge on any atom is 0.144 e. The SMILES string of the molecule is CC(C)C1CCC(CN)C(Cc2cccc(Cl)c2F)C1. The minimum Gasteiger partial charge on any atom is -0.330 e. The minimum absolute atomic E-state index is 0.225. The molecule has 0 heterocycles. The average Bonchev–Trinajstić information content (AvgIpc) is 2.43. The molecule has 20 heavy (non-hydrogen) atoms. The van der Waals surface area contributed by atoms with E-state index in [2.05, 4.69) is 13.8 Å². The van der Waals surface area contributed by atoms with Crippen LogP contribution in [0.1, 0.15) is 38.7 Å². The standard InChI is InChI=1S/C17H25ClFN/c1-11(2)12-6-7-14(10-20)15(8-12)9-13-4-3-5-16(18)17(13)19/h3-5,11-12,14-15H,6-10,20H2,1-2H3. The molecule has 0 saturated heterocycles. The van der Waals surface area contributed by atoms with Crippen molar-refractivity contribution < 1.29 is 4.39 Å². The summed E-state index contributed by atoms with van der Waals surface area (Å²) in [5.41, 5.74) is 6.66. The van der Waals surface area contributed by atoms with Gasteiger partial charge in [-0.05, 0) is 67.5 Å². The summed E-state index contributed by atoms with van der Waals surface area (Å²) in [5, 5.41) is 0.225. The van der Waals surface area contributed by atoms with Gasteiger partial charge in [-0.1, -0.05) is 37.6 Å². The summed E-state index contributed by atoms with van der Waals surface area (Å²) in [6.45, 7) is 5.27. The highest BCUT2D eigenvalue weighted by atomic mass is 35.5. The van der Waals surface area contributed by atoms with E-state index in [0.717, 1.165) is 24.3 Å². The molecule has 2 rings (SSSR count). The quantitative estimate of drug-likeness (QED) is 0.859. The van der Waals surface area contributed by atoms with E-state index in [1.807, 2.05) is 12.1 Å².